The molecule has 0 radical (unpaired) electrons. The number of Topliss-reactive ketones (excluding diaryl/α,β-unsaturated/α-hetero) is 1. The number of nitrogens with zero attached hydrogens (tertiary/aromatic N) is 1. The average Bonchev–Trinajstić information content (AvgIpc) is 3.93. The van der Waals surface area contributed by atoms with Crippen molar-refractivity contribution in [3.05, 3.63) is 71.8 Å². The number of ether oxygens (including phenoxy) is 2. The molecule has 4 amide bonds. The number of amides is 4. The van der Waals surface area contributed by atoms with Crippen molar-refractivity contribution >= 4 is 29.4 Å². The van der Waals surface area contributed by atoms with Crippen LogP contribution in [0.4, 0.5) is 0 Å². The Morgan fingerprint density at radius 1 is 0.695 bits per heavy atom. The van der Waals surface area contributed by atoms with Crippen molar-refractivity contribution in [3.63, 3.8) is 0 Å². The van der Waals surface area contributed by atoms with Gasteiger partial charge in [-0.1, -0.05) is 102 Å². The molecule has 2 aliphatic rings. The maximum Gasteiger partial charge on any atom is 0.243 e. The van der Waals surface area contributed by atoms with Gasteiger partial charge in [-0.2, -0.15) is 0 Å². The molecule has 2 heterocycles. The predicted octanol–water partition coefficient (Wildman–Crippen LogP) is 5.17. The van der Waals surface area contributed by atoms with E-state index in [1.54, 1.807) is 6.92 Å². The van der Waals surface area contributed by atoms with Crippen molar-refractivity contribution in [2.75, 3.05) is 32.9 Å². The number of benzene rings is 2. The number of hydrogen-bond acceptors (Lipinski definition) is 8. The van der Waals surface area contributed by atoms with Crippen molar-refractivity contribution in [1.82, 2.24) is 26.2 Å². The van der Waals surface area contributed by atoms with Crippen LogP contribution in [-0.4, -0.2) is 103 Å². The summed E-state index contributed by atoms with van der Waals surface area (Å²) in [6.07, 6.45) is 2.73. The lowest BCUT2D eigenvalue weighted by molar-refractivity contribution is -0.135. The van der Waals surface area contributed by atoms with E-state index in [4.69, 9.17) is 9.47 Å². The zero-order valence-electron chi connectivity index (χ0n) is 37.0. The molecule has 326 valence electrons. The lowest BCUT2D eigenvalue weighted by atomic mass is 9.76. The van der Waals surface area contributed by atoms with E-state index >= 15 is 0 Å². The average molecular weight is 818 g/mol. The first kappa shape index (κ1) is 47.5. The predicted molar refractivity (Wildman–Crippen MR) is 230 cm³/mol. The van der Waals surface area contributed by atoms with Gasteiger partial charge in [-0.3, -0.25) is 28.9 Å². The first-order valence-electron chi connectivity index (χ1n) is 21.6. The standard InChI is InChI=1S/C47H71N5O7/c1-32(2)26-37(41(54)47(9)31-59-47)49-44(57)39(28-35-18-14-11-15-19-35)51-43(56)38(27-33(3)4)50-42(55)36(21-20-34-16-12-10-13-17-34)48-40(53)29-45(5,6)30-46(7,8)52-22-24-58-25-23-52/h10-19,32-33,36-39H,20-31H2,1-9H3,(H,48,53)(H,49,57)(H,50,55)(H,51,56)/t36-,37-,38-,39-,47+/m0/s1. The van der Waals surface area contributed by atoms with Gasteiger partial charge in [0.1, 0.15) is 23.7 Å². The van der Waals surface area contributed by atoms with Crippen LogP contribution in [0.5, 0.6) is 0 Å². The maximum atomic E-state index is 14.3. The second kappa shape index (κ2) is 21.4. The molecule has 12 nitrogen and oxygen atoms in total. The third-order valence-corrected chi connectivity index (χ3v) is 11.3. The molecule has 2 saturated heterocycles. The summed E-state index contributed by atoms with van der Waals surface area (Å²) < 4.78 is 11.0. The van der Waals surface area contributed by atoms with Crippen LogP contribution >= 0.6 is 0 Å². The number of aryl methyl sites for hydroxylation is 1. The lowest BCUT2D eigenvalue weighted by Gasteiger charge is -2.44. The van der Waals surface area contributed by atoms with Crippen LogP contribution in [0.15, 0.2) is 60.7 Å². The lowest BCUT2D eigenvalue weighted by Crippen LogP contribution is -2.59. The van der Waals surface area contributed by atoms with Gasteiger partial charge in [-0.05, 0) is 81.3 Å². The molecule has 2 aromatic carbocycles. The molecule has 0 unspecified atom stereocenters. The topological polar surface area (TPSA) is 158 Å². The quantitative estimate of drug-likeness (QED) is 0.112. The van der Waals surface area contributed by atoms with Gasteiger partial charge in [0.15, 0.2) is 5.78 Å². The van der Waals surface area contributed by atoms with Gasteiger partial charge < -0.3 is 30.7 Å². The Morgan fingerprint density at radius 2 is 1.19 bits per heavy atom. The van der Waals surface area contributed by atoms with Crippen molar-refractivity contribution in [2.45, 2.75) is 143 Å². The van der Waals surface area contributed by atoms with Gasteiger partial charge in [-0.15, -0.1) is 0 Å². The van der Waals surface area contributed by atoms with Crippen molar-refractivity contribution in [1.29, 1.82) is 0 Å². The van der Waals surface area contributed by atoms with Crippen LogP contribution in [0.1, 0.15) is 106 Å². The molecule has 0 aliphatic carbocycles. The molecule has 2 aliphatic heterocycles. The highest BCUT2D eigenvalue weighted by molar-refractivity contribution is 5.98. The summed E-state index contributed by atoms with van der Waals surface area (Å²) in [6, 6.07) is 15.4. The summed E-state index contributed by atoms with van der Waals surface area (Å²) in [5.41, 5.74) is 0.387. The Kier molecular flexibility index (Phi) is 17.3. The molecule has 5 atom stereocenters. The molecule has 4 N–H and O–H groups in total. The molecule has 59 heavy (non-hydrogen) atoms. The Labute approximate surface area is 352 Å². The largest absolute Gasteiger partial charge is 0.379 e. The summed E-state index contributed by atoms with van der Waals surface area (Å²) in [7, 11) is 0. The molecular formula is C47H71N5O7. The smallest absolute Gasteiger partial charge is 0.243 e. The number of hydrogen-bond donors (Lipinski definition) is 4. The minimum Gasteiger partial charge on any atom is -0.379 e. The molecular weight excluding hydrogens is 747 g/mol. The van der Waals surface area contributed by atoms with E-state index in [-0.39, 0.29) is 47.3 Å². The summed E-state index contributed by atoms with van der Waals surface area (Å²) in [6.45, 7) is 21.5. The molecule has 0 spiro atoms. The SMILES string of the molecule is CC(C)C[C@H](NC(=O)[C@H](CCc1ccccc1)NC(=O)CC(C)(C)CC(C)(C)N1CCOCC1)C(=O)N[C@@H](Cc1ccccc1)C(=O)N[C@@H](CC(C)C)C(=O)[C@@]1(C)CO1. The molecule has 2 fully saturated rings. The maximum absolute atomic E-state index is 14.3. The number of carbonyl (C=O) groups excluding carboxylic acids is 5. The second-order valence-electron chi connectivity index (χ2n) is 19.1. The Hall–Kier alpha value is -4.13. The van der Waals surface area contributed by atoms with Crippen LogP contribution in [0.2, 0.25) is 0 Å². The van der Waals surface area contributed by atoms with Gasteiger partial charge >= 0.3 is 0 Å². The van der Waals surface area contributed by atoms with Crippen LogP contribution in [0, 0.1) is 17.3 Å². The summed E-state index contributed by atoms with van der Waals surface area (Å²) in [5, 5.41) is 11.9. The first-order valence-corrected chi connectivity index (χ1v) is 21.6. The van der Waals surface area contributed by atoms with E-state index in [2.05, 4.69) is 53.9 Å². The summed E-state index contributed by atoms with van der Waals surface area (Å²) in [4.78, 5) is 72.3. The Balaban J connectivity index is 1.52. The van der Waals surface area contributed by atoms with Gasteiger partial charge in [0, 0.05) is 31.5 Å². The zero-order valence-corrected chi connectivity index (χ0v) is 37.0. The fourth-order valence-electron chi connectivity index (χ4n) is 8.32. The summed E-state index contributed by atoms with van der Waals surface area (Å²) >= 11 is 0. The monoisotopic (exact) mass is 818 g/mol. The van der Waals surface area contributed by atoms with Crippen molar-refractivity contribution in [3.8, 4) is 0 Å². The van der Waals surface area contributed by atoms with E-state index in [1.807, 2.05) is 88.4 Å². The van der Waals surface area contributed by atoms with Crippen LogP contribution in [0.25, 0.3) is 0 Å². The summed E-state index contributed by atoms with van der Waals surface area (Å²) in [5.74, 6) is -1.79. The van der Waals surface area contributed by atoms with Crippen LogP contribution < -0.4 is 21.3 Å². The van der Waals surface area contributed by atoms with Crippen molar-refractivity contribution < 1.29 is 33.4 Å². The third kappa shape index (κ3) is 15.4. The number of nitrogens with one attached hydrogen (secondary N) is 4. The highest BCUT2D eigenvalue weighted by Gasteiger charge is 2.50. The number of rotatable bonds is 23. The Morgan fingerprint density at radius 3 is 1.75 bits per heavy atom. The van der Waals surface area contributed by atoms with Gasteiger partial charge in [0.05, 0.1) is 25.9 Å². The molecule has 4 rings (SSSR count). The minimum absolute atomic E-state index is 0.00718. The van der Waals surface area contributed by atoms with Crippen molar-refractivity contribution in [2.24, 2.45) is 17.3 Å². The molecule has 12 heteroatoms. The molecule has 0 bridgehead atoms. The normalized spacial score (nSPS) is 19.3. The minimum atomic E-state index is -1.04. The molecule has 0 aromatic heterocycles. The van der Waals surface area contributed by atoms with E-state index < -0.39 is 47.5 Å². The van der Waals surface area contributed by atoms with Gasteiger partial charge in [0.25, 0.3) is 0 Å². The zero-order chi connectivity index (χ0) is 43.4. The number of epoxide rings is 1. The van der Waals surface area contributed by atoms with Gasteiger partial charge in [0.2, 0.25) is 23.6 Å². The Bertz CT molecular complexity index is 1690. The fraction of sp³-hybridized carbons (Fsp3) is 0.638. The van der Waals surface area contributed by atoms with E-state index in [1.165, 1.54) is 0 Å². The first-order chi connectivity index (χ1) is 27.8. The van der Waals surface area contributed by atoms with E-state index in [0.29, 0.717) is 45.5 Å². The number of morpholine rings is 1. The van der Waals surface area contributed by atoms with Gasteiger partial charge in [-0.25, -0.2) is 0 Å². The molecule has 2 aromatic rings. The van der Waals surface area contributed by atoms with E-state index in [9.17, 15) is 24.0 Å². The number of carbonyl (C=O) groups is 5. The molecule has 0 saturated carbocycles. The van der Waals surface area contributed by atoms with E-state index in [0.717, 1.165) is 30.6 Å². The fourth-order valence-corrected chi connectivity index (χ4v) is 8.32. The van der Waals surface area contributed by atoms with Crippen LogP contribution in [0.3, 0.4) is 0 Å². The third-order valence-electron chi connectivity index (χ3n) is 11.3. The second-order valence-corrected chi connectivity index (χ2v) is 19.1. The number of ketones is 1. The van der Waals surface area contributed by atoms with Crippen LogP contribution in [-0.2, 0) is 46.3 Å². The highest BCUT2D eigenvalue weighted by Crippen LogP contribution is 2.35. The highest BCUT2D eigenvalue weighted by atomic mass is 16.6.